The van der Waals surface area contributed by atoms with Crippen LogP contribution in [0.2, 0.25) is 0 Å². The van der Waals surface area contributed by atoms with E-state index in [0.717, 1.165) is 30.7 Å². The number of amidine groups is 1. The van der Waals surface area contributed by atoms with E-state index < -0.39 is 0 Å². The molecule has 0 amide bonds. The maximum Gasteiger partial charge on any atom is 0.0972 e. The van der Waals surface area contributed by atoms with Crippen LogP contribution in [0.25, 0.3) is 0 Å². The van der Waals surface area contributed by atoms with Gasteiger partial charge in [-0.2, -0.15) is 0 Å². The van der Waals surface area contributed by atoms with Gasteiger partial charge in [0.25, 0.3) is 0 Å². The highest BCUT2D eigenvalue weighted by Gasteiger charge is 2.52. The summed E-state index contributed by atoms with van der Waals surface area (Å²) in [5.74, 6) is 3.68. The van der Waals surface area contributed by atoms with Gasteiger partial charge < -0.3 is 5.32 Å². The van der Waals surface area contributed by atoms with Crippen molar-refractivity contribution in [3.8, 4) is 0 Å². The summed E-state index contributed by atoms with van der Waals surface area (Å²) in [4.78, 5) is 4.81. The van der Waals surface area contributed by atoms with E-state index in [0.29, 0.717) is 6.04 Å². The fourth-order valence-electron chi connectivity index (χ4n) is 3.12. The fourth-order valence-corrected chi connectivity index (χ4v) is 3.12. The molecule has 1 aromatic rings. The summed E-state index contributed by atoms with van der Waals surface area (Å²) in [7, 11) is 0. The summed E-state index contributed by atoms with van der Waals surface area (Å²) < 4.78 is 0. The van der Waals surface area contributed by atoms with Crippen molar-refractivity contribution >= 4 is 5.84 Å². The maximum absolute atomic E-state index is 4.81. The van der Waals surface area contributed by atoms with Crippen LogP contribution in [-0.2, 0) is 6.54 Å². The fraction of sp³-hybridized carbons (Fsp3) is 0.533. The third kappa shape index (κ3) is 2.08. The second kappa shape index (κ2) is 4.17. The first-order valence-electron chi connectivity index (χ1n) is 6.60. The van der Waals surface area contributed by atoms with Crippen molar-refractivity contribution in [3.63, 3.8) is 0 Å². The molecule has 2 nitrogen and oxygen atoms in total. The molecular formula is C15H20N2. The molecule has 1 aromatic carbocycles. The summed E-state index contributed by atoms with van der Waals surface area (Å²) in [6, 6.07) is 11.1. The zero-order valence-electron chi connectivity index (χ0n) is 10.6. The second-order valence-electron chi connectivity index (χ2n) is 5.52. The zero-order valence-corrected chi connectivity index (χ0v) is 10.6. The molecule has 1 aliphatic carbocycles. The predicted octanol–water partition coefficient (Wildman–Crippen LogP) is 2.85. The Kier molecular flexibility index (Phi) is 2.65. The van der Waals surface area contributed by atoms with Crippen LogP contribution in [0.4, 0.5) is 0 Å². The van der Waals surface area contributed by atoms with Crippen LogP contribution >= 0.6 is 0 Å². The van der Waals surface area contributed by atoms with Crippen LogP contribution < -0.4 is 5.32 Å². The molecule has 1 fully saturated rings. The molecule has 3 rings (SSSR count). The van der Waals surface area contributed by atoms with Crippen molar-refractivity contribution in [2.75, 3.05) is 0 Å². The van der Waals surface area contributed by atoms with Gasteiger partial charge in [-0.3, -0.25) is 4.99 Å². The molecular weight excluding hydrogens is 208 g/mol. The normalized spacial score (nSPS) is 34.8. The largest absolute Gasteiger partial charge is 0.370 e. The molecule has 0 radical (unpaired) electrons. The zero-order chi connectivity index (χ0) is 11.8. The molecule has 2 aliphatic rings. The summed E-state index contributed by atoms with van der Waals surface area (Å²) >= 11 is 0. The van der Waals surface area contributed by atoms with Crippen molar-refractivity contribution < 1.29 is 0 Å². The molecule has 1 saturated carbocycles. The van der Waals surface area contributed by atoms with Gasteiger partial charge in [0.2, 0.25) is 0 Å². The first-order valence-corrected chi connectivity index (χ1v) is 6.60. The van der Waals surface area contributed by atoms with E-state index in [1.54, 1.807) is 0 Å². The summed E-state index contributed by atoms with van der Waals surface area (Å²) in [6.45, 7) is 5.59. The molecule has 90 valence electrons. The van der Waals surface area contributed by atoms with Crippen molar-refractivity contribution in [1.82, 2.24) is 5.32 Å². The average Bonchev–Trinajstić information content (AvgIpc) is 3.00. The van der Waals surface area contributed by atoms with Crippen molar-refractivity contribution in [2.24, 2.45) is 22.7 Å². The third-order valence-corrected chi connectivity index (χ3v) is 4.22. The molecule has 0 spiro atoms. The number of nitrogens with one attached hydrogen (secondary N) is 1. The lowest BCUT2D eigenvalue weighted by molar-refractivity contribution is 0.476. The Balaban J connectivity index is 1.61. The van der Waals surface area contributed by atoms with Gasteiger partial charge in [-0.25, -0.2) is 0 Å². The van der Waals surface area contributed by atoms with Gasteiger partial charge in [-0.1, -0.05) is 44.2 Å². The van der Waals surface area contributed by atoms with Crippen LogP contribution in [0.1, 0.15) is 25.8 Å². The van der Waals surface area contributed by atoms with E-state index in [4.69, 9.17) is 4.99 Å². The number of rotatable bonds is 2. The van der Waals surface area contributed by atoms with Gasteiger partial charge in [0.1, 0.15) is 0 Å². The lowest BCUT2D eigenvalue weighted by atomic mass is 9.98. The van der Waals surface area contributed by atoms with Gasteiger partial charge in [0.05, 0.1) is 11.9 Å². The quantitative estimate of drug-likeness (QED) is 0.827. The van der Waals surface area contributed by atoms with Gasteiger partial charge in [0.15, 0.2) is 0 Å². The summed E-state index contributed by atoms with van der Waals surface area (Å²) in [5, 5.41) is 3.50. The molecule has 0 saturated heterocycles. The Hall–Kier alpha value is -1.31. The van der Waals surface area contributed by atoms with E-state index >= 15 is 0 Å². The molecule has 1 heterocycles. The molecule has 17 heavy (non-hydrogen) atoms. The molecule has 2 heteroatoms. The van der Waals surface area contributed by atoms with Crippen LogP contribution in [0.5, 0.6) is 0 Å². The van der Waals surface area contributed by atoms with Crippen LogP contribution in [0.15, 0.2) is 35.3 Å². The minimum Gasteiger partial charge on any atom is -0.370 e. The molecule has 1 N–H and O–H groups in total. The van der Waals surface area contributed by atoms with Gasteiger partial charge in [0, 0.05) is 13.0 Å². The number of fused-ring (bicyclic) bond motifs is 1. The highest BCUT2D eigenvalue weighted by atomic mass is 15.1. The van der Waals surface area contributed by atoms with E-state index in [1.807, 2.05) is 0 Å². The Bertz CT molecular complexity index is 424. The number of hydrogen-bond acceptors (Lipinski definition) is 2. The lowest BCUT2D eigenvalue weighted by Crippen LogP contribution is -2.28. The van der Waals surface area contributed by atoms with E-state index in [9.17, 15) is 0 Å². The third-order valence-electron chi connectivity index (χ3n) is 4.22. The lowest BCUT2D eigenvalue weighted by Gasteiger charge is -2.19. The van der Waals surface area contributed by atoms with E-state index in [-0.39, 0.29) is 0 Å². The number of nitrogens with zero attached hydrogens (tertiary/aromatic N) is 1. The van der Waals surface area contributed by atoms with Crippen LogP contribution in [0, 0.1) is 17.8 Å². The van der Waals surface area contributed by atoms with E-state index in [1.165, 1.54) is 11.4 Å². The highest BCUT2D eigenvalue weighted by Crippen LogP contribution is 2.50. The first kappa shape index (κ1) is 10.8. The Morgan fingerprint density at radius 1 is 1.24 bits per heavy atom. The second-order valence-corrected chi connectivity index (χ2v) is 5.52. The maximum atomic E-state index is 4.81. The molecule has 0 unspecified atom stereocenters. The minimum absolute atomic E-state index is 0.608. The minimum atomic E-state index is 0.608. The number of benzene rings is 1. The Morgan fingerprint density at radius 2 is 2.00 bits per heavy atom. The van der Waals surface area contributed by atoms with Crippen molar-refractivity contribution in [1.29, 1.82) is 0 Å². The van der Waals surface area contributed by atoms with E-state index in [2.05, 4.69) is 49.5 Å². The molecule has 1 aliphatic heterocycles. The predicted molar refractivity (Wildman–Crippen MR) is 70.9 cm³/mol. The summed E-state index contributed by atoms with van der Waals surface area (Å²) in [5.41, 5.74) is 1.33. The Morgan fingerprint density at radius 3 is 2.71 bits per heavy atom. The van der Waals surface area contributed by atoms with Gasteiger partial charge >= 0.3 is 0 Å². The number of aliphatic imine (C=N–C) groups is 1. The highest BCUT2D eigenvalue weighted by molar-refractivity contribution is 5.83. The SMILES string of the molecule is C[C@H]1[C@H]2N=C(NCc3ccccc3)C[C@H](C)[C@@H]12. The Labute approximate surface area is 103 Å². The monoisotopic (exact) mass is 228 g/mol. The molecule has 4 atom stereocenters. The first-order chi connectivity index (χ1) is 8.25. The van der Waals surface area contributed by atoms with Crippen LogP contribution in [0.3, 0.4) is 0 Å². The number of hydrogen-bond donors (Lipinski definition) is 1. The molecule has 0 aromatic heterocycles. The molecule has 0 bridgehead atoms. The standard InChI is InChI=1S/C15H20N2/c1-10-8-13(17-15-11(2)14(10)15)16-9-12-6-4-3-5-7-12/h3-7,10-11,14-15H,8-9H2,1-2H3,(H,16,17)/t10-,11+,14-,15+/m0/s1. The van der Waals surface area contributed by atoms with Gasteiger partial charge in [-0.05, 0) is 23.3 Å². The smallest absolute Gasteiger partial charge is 0.0972 e. The average molecular weight is 228 g/mol. The van der Waals surface area contributed by atoms with Crippen molar-refractivity contribution in [3.05, 3.63) is 35.9 Å². The summed E-state index contributed by atoms with van der Waals surface area (Å²) in [6.07, 6.45) is 1.12. The van der Waals surface area contributed by atoms with Crippen molar-refractivity contribution in [2.45, 2.75) is 32.9 Å². The topological polar surface area (TPSA) is 24.4 Å². The van der Waals surface area contributed by atoms with Gasteiger partial charge in [-0.15, -0.1) is 0 Å². The van der Waals surface area contributed by atoms with Crippen LogP contribution in [-0.4, -0.2) is 11.9 Å².